The van der Waals surface area contributed by atoms with Crippen LogP contribution in [0.25, 0.3) is 0 Å². The zero-order valence-electron chi connectivity index (χ0n) is 21.3. The first-order valence-corrected chi connectivity index (χ1v) is 17.0. The summed E-state index contributed by atoms with van der Waals surface area (Å²) in [5, 5.41) is 1.26. The molecule has 0 aromatic heterocycles. The van der Waals surface area contributed by atoms with E-state index in [9.17, 15) is 4.57 Å². The molecule has 0 heterocycles. The summed E-state index contributed by atoms with van der Waals surface area (Å²) >= 11 is 4.09. The minimum atomic E-state index is -4.32. The molecule has 0 radical (unpaired) electrons. The van der Waals surface area contributed by atoms with Gasteiger partial charge in [0.05, 0.1) is 6.61 Å². The standard InChI is InChI=1S/C25H53O4PS2/c1-4-6-8-10-11-12-13-14-16-18-22-32-25(20-17-15-9-7-5-2)24(3)31-23-19-21-29-30(26,27)28/h24-25H,4-23H2,1-3H3,(H2,26,27,28). The molecule has 0 bridgehead atoms. The number of unbranched alkanes of at least 4 members (excludes halogenated alkanes) is 13. The van der Waals surface area contributed by atoms with Crippen LogP contribution in [0.1, 0.15) is 130 Å². The summed E-state index contributed by atoms with van der Waals surface area (Å²) in [7, 11) is -4.32. The zero-order valence-corrected chi connectivity index (χ0v) is 23.8. The molecule has 194 valence electrons. The summed E-state index contributed by atoms with van der Waals surface area (Å²) in [4.78, 5) is 17.6. The fourth-order valence-corrected chi connectivity index (χ4v) is 6.97. The maximum absolute atomic E-state index is 10.8. The zero-order chi connectivity index (χ0) is 23.9. The van der Waals surface area contributed by atoms with Crippen LogP contribution in [0, 0.1) is 0 Å². The number of phosphoric ester groups is 1. The van der Waals surface area contributed by atoms with Crippen LogP contribution in [0.15, 0.2) is 0 Å². The van der Waals surface area contributed by atoms with E-state index in [2.05, 4.69) is 37.1 Å². The second-order valence-electron chi connectivity index (χ2n) is 9.05. The highest BCUT2D eigenvalue weighted by Crippen LogP contribution is 2.36. The summed E-state index contributed by atoms with van der Waals surface area (Å²) in [6.07, 6.45) is 22.5. The van der Waals surface area contributed by atoms with Gasteiger partial charge < -0.3 is 9.79 Å². The maximum Gasteiger partial charge on any atom is 0.469 e. The fraction of sp³-hybridized carbons (Fsp3) is 1.00. The summed E-state index contributed by atoms with van der Waals surface area (Å²) < 4.78 is 15.3. The van der Waals surface area contributed by atoms with Crippen molar-refractivity contribution in [2.45, 2.75) is 140 Å². The van der Waals surface area contributed by atoms with E-state index in [4.69, 9.17) is 9.79 Å². The van der Waals surface area contributed by atoms with Gasteiger partial charge in [0.2, 0.25) is 0 Å². The highest BCUT2D eigenvalue weighted by molar-refractivity contribution is 8.03. The molecule has 2 N–H and O–H groups in total. The lowest BCUT2D eigenvalue weighted by molar-refractivity contribution is 0.198. The van der Waals surface area contributed by atoms with Crippen molar-refractivity contribution in [2.75, 3.05) is 18.1 Å². The Morgan fingerprint density at radius 3 is 1.69 bits per heavy atom. The Balaban J connectivity index is 4.00. The van der Waals surface area contributed by atoms with Gasteiger partial charge in [-0.25, -0.2) is 4.57 Å². The predicted octanol–water partition coefficient (Wildman–Crippen LogP) is 8.99. The number of thioether (sulfide) groups is 2. The molecule has 0 aromatic carbocycles. The van der Waals surface area contributed by atoms with Crippen LogP contribution in [-0.4, -0.2) is 38.4 Å². The molecule has 0 saturated carbocycles. The van der Waals surface area contributed by atoms with Gasteiger partial charge >= 0.3 is 7.82 Å². The highest BCUT2D eigenvalue weighted by Gasteiger charge is 2.18. The quantitative estimate of drug-likeness (QED) is 0.0939. The first kappa shape index (κ1) is 32.8. The Morgan fingerprint density at radius 1 is 0.688 bits per heavy atom. The average Bonchev–Trinajstić information content (AvgIpc) is 2.74. The van der Waals surface area contributed by atoms with Crippen LogP contribution in [0.2, 0.25) is 0 Å². The van der Waals surface area contributed by atoms with Crippen LogP contribution in [0.4, 0.5) is 0 Å². The van der Waals surface area contributed by atoms with Crippen molar-refractivity contribution < 1.29 is 18.9 Å². The van der Waals surface area contributed by atoms with Crippen LogP contribution in [0.3, 0.4) is 0 Å². The monoisotopic (exact) mass is 512 g/mol. The van der Waals surface area contributed by atoms with Crippen molar-refractivity contribution in [3.05, 3.63) is 0 Å². The van der Waals surface area contributed by atoms with Gasteiger partial charge in [0, 0.05) is 10.5 Å². The van der Waals surface area contributed by atoms with E-state index in [1.54, 1.807) is 0 Å². The van der Waals surface area contributed by atoms with Crippen LogP contribution in [0.5, 0.6) is 0 Å². The van der Waals surface area contributed by atoms with Crippen molar-refractivity contribution in [3.8, 4) is 0 Å². The predicted molar refractivity (Wildman–Crippen MR) is 146 cm³/mol. The summed E-state index contributed by atoms with van der Waals surface area (Å²) in [5.74, 6) is 2.16. The van der Waals surface area contributed by atoms with Gasteiger partial charge in [0.25, 0.3) is 0 Å². The maximum atomic E-state index is 10.8. The molecule has 2 atom stereocenters. The van der Waals surface area contributed by atoms with Crippen LogP contribution >= 0.6 is 31.3 Å². The summed E-state index contributed by atoms with van der Waals surface area (Å²) in [6.45, 7) is 7.01. The minimum Gasteiger partial charge on any atom is -0.303 e. The van der Waals surface area contributed by atoms with E-state index in [0.717, 1.165) is 5.75 Å². The second-order valence-corrected chi connectivity index (χ2v) is 13.1. The lowest BCUT2D eigenvalue weighted by Gasteiger charge is -2.23. The molecule has 0 spiro atoms. The van der Waals surface area contributed by atoms with Gasteiger partial charge in [-0.3, -0.25) is 4.52 Å². The molecule has 0 aliphatic heterocycles. The molecule has 0 fully saturated rings. The van der Waals surface area contributed by atoms with Crippen molar-refractivity contribution >= 4 is 31.3 Å². The highest BCUT2D eigenvalue weighted by atomic mass is 32.2. The third kappa shape index (κ3) is 24.0. The molecule has 32 heavy (non-hydrogen) atoms. The largest absolute Gasteiger partial charge is 0.469 e. The number of hydrogen-bond donors (Lipinski definition) is 2. The molecular formula is C25H53O4PS2. The van der Waals surface area contributed by atoms with Gasteiger partial charge in [-0.2, -0.15) is 23.5 Å². The van der Waals surface area contributed by atoms with Crippen LogP contribution < -0.4 is 0 Å². The van der Waals surface area contributed by atoms with E-state index in [1.165, 1.54) is 108 Å². The number of rotatable bonds is 25. The van der Waals surface area contributed by atoms with Crippen molar-refractivity contribution in [2.24, 2.45) is 0 Å². The van der Waals surface area contributed by atoms with E-state index in [1.807, 2.05) is 11.8 Å². The Labute approximate surface area is 208 Å². The topological polar surface area (TPSA) is 66.8 Å². The van der Waals surface area contributed by atoms with Crippen molar-refractivity contribution in [1.82, 2.24) is 0 Å². The number of phosphoric acid groups is 1. The molecule has 2 unspecified atom stereocenters. The van der Waals surface area contributed by atoms with Gasteiger partial charge in [-0.1, -0.05) is 111 Å². The normalized spacial score (nSPS) is 14.0. The molecule has 0 saturated heterocycles. The molecule has 0 rings (SSSR count). The average molecular weight is 513 g/mol. The number of hydrogen-bond acceptors (Lipinski definition) is 4. The van der Waals surface area contributed by atoms with Gasteiger partial charge in [-0.05, 0) is 30.8 Å². The Bertz CT molecular complexity index is 434. The van der Waals surface area contributed by atoms with E-state index >= 15 is 0 Å². The van der Waals surface area contributed by atoms with Crippen molar-refractivity contribution in [1.29, 1.82) is 0 Å². The van der Waals surface area contributed by atoms with Crippen molar-refractivity contribution in [3.63, 3.8) is 0 Å². The minimum absolute atomic E-state index is 0.136. The molecule has 0 aliphatic rings. The lowest BCUT2D eigenvalue weighted by Crippen LogP contribution is -2.18. The third-order valence-corrected chi connectivity index (χ3v) is 9.54. The molecular weight excluding hydrogens is 459 g/mol. The fourth-order valence-electron chi connectivity index (χ4n) is 3.85. The lowest BCUT2D eigenvalue weighted by atomic mass is 10.1. The van der Waals surface area contributed by atoms with Gasteiger partial charge in [0.1, 0.15) is 0 Å². The Morgan fingerprint density at radius 2 is 1.16 bits per heavy atom. The Kier molecular flexibility index (Phi) is 24.1. The summed E-state index contributed by atoms with van der Waals surface area (Å²) in [6, 6.07) is 0. The SMILES string of the molecule is CCCCCCCCCCCCSC(CCCCCCC)C(C)SCCCOP(=O)(O)O. The van der Waals surface area contributed by atoms with Crippen LogP contribution in [-0.2, 0) is 9.09 Å². The molecule has 4 nitrogen and oxygen atoms in total. The summed E-state index contributed by atoms with van der Waals surface area (Å²) in [5.41, 5.74) is 0. The van der Waals surface area contributed by atoms with E-state index < -0.39 is 7.82 Å². The molecule has 0 amide bonds. The first-order valence-electron chi connectivity index (χ1n) is 13.3. The molecule has 0 aromatic rings. The molecule has 0 aliphatic carbocycles. The smallest absolute Gasteiger partial charge is 0.303 e. The second kappa shape index (κ2) is 23.5. The van der Waals surface area contributed by atoms with E-state index in [0.29, 0.717) is 16.9 Å². The Hall–Kier alpha value is 0.810. The van der Waals surface area contributed by atoms with Gasteiger partial charge in [-0.15, -0.1) is 0 Å². The molecule has 7 heteroatoms. The van der Waals surface area contributed by atoms with E-state index in [-0.39, 0.29) is 6.61 Å². The third-order valence-electron chi connectivity index (χ3n) is 5.87. The first-order chi connectivity index (χ1) is 15.4. The van der Waals surface area contributed by atoms with Gasteiger partial charge in [0.15, 0.2) is 0 Å².